The Hall–Kier alpha value is -2.42. The first-order chi connectivity index (χ1) is 13.4. The van der Waals surface area contributed by atoms with E-state index in [-0.39, 0.29) is 17.3 Å². The molecule has 0 radical (unpaired) electrons. The first-order valence-corrected chi connectivity index (χ1v) is 10.1. The van der Waals surface area contributed by atoms with Crippen molar-refractivity contribution in [3.05, 3.63) is 20.8 Å². The van der Waals surface area contributed by atoms with E-state index in [1.807, 2.05) is 23.4 Å². The van der Waals surface area contributed by atoms with Gasteiger partial charge in [0.1, 0.15) is 0 Å². The summed E-state index contributed by atoms with van der Waals surface area (Å²) >= 11 is 0. The molecule has 2 aliphatic heterocycles. The zero-order valence-corrected chi connectivity index (χ0v) is 17.2. The Kier molecular flexibility index (Phi) is 4.86. The SMILES string of the molecule is CC1=NN(CCN2CCCCCC2)c2nc3c(c(=O)n(C)c(=O)n3C)n2[C@H]1C. The van der Waals surface area contributed by atoms with Crippen LogP contribution in [0.5, 0.6) is 0 Å². The van der Waals surface area contributed by atoms with Gasteiger partial charge in [-0.3, -0.25) is 18.5 Å². The average molecular weight is 387 g/mol. The van der Waals surface area contributed by atoms with Crippen LogP contribution in [0.4, 0.5) is 5.95 Å². The van der Waals surface area contributed by atoms with Gasteiger partial charge in [-0.25, -0.2) is 9.80 Å². The fourth-order valence-electron chi connectivity index (χ4n) is 4.20. The third-order valence-electron chi connectivity index (χ3n) is 6.10. The Bertz CT molecular complexity index is 1040. The van der Waals surface area contributed by atoms with E-state index in [1.54, 1.807) is 7.05 Å². The maximum Gasteiger partial charge on any atom is 0.332 e. The second kappa shape index (κ2) is 7.20. The maximum atomic E-state index is 12.9. The molecule has 0 aliphatic carbocycles. The summed E-state index contributed by atoms with van der Waals surface area (Å²) in [7, 11) is 3.17. The Morgan fingerprint density at radius 2 is 1.68 bits per heavy atom. The molecule has 1 saturated heterocycles. The molecule has 9 nitrogen and oxygen atoms in total. The van der Waals surface area contributed by atoms with Crippen LogP contribution in [0.3, 0.4) is 0 Å². The molecular formula is C19H29N7O2. The van der Waals surface area contributed by atoms with Crippen LogP contribution in [0.25, 0.3) is 11.2 Å². The Labute approximate surface area is 163 Å². The molecule has 0 bridgehead atoms. The van der Waals surface area contributed by atoms with Crippen LogP contribution in [-0.4, -0.2) is 55.5 Å². The Morgan fingerprint density at radius 3 is 2.36 bits per heavy atom. The van der Waals surface area contributed by atoms with Gasteiger partial charge < -0.3 is 4.90 Å². The summed E-state index contributed by atoms with van der Waals surface area (Å²) in [6, 6.07) is -0.0837. The number of imidazole rings is 1. The number of hydrogen-bond acceptors (Lipinski definition) is 6. The number of anilines is 1. The van der Waals surface area contributed by atoms with Crippen molar-refractivity contribution in [1.29, 1.82) is 0 Å². The van der Waals surface area contributed by atoms with Gasteiger partial charge >= 0.3 is 5.69 Å². The standard InChI is InChI=1S/C19H29N7O2/c1-13-14(2)26-15-16(22(3)19(28)23(4)17(15)27)20-18(26)25(21-13)12-11-24-9-7-5-6-8-10-24/h14H,5-12H2,1-4H3/t14-/m0/s1. The molecule has 4 heterocycles. The smallest absolute Gasteiger partial charge is 0.301 e. The molecule has 0 amide bonds. The highest BCUT2D eigenvalue weighted by Crippen LogP contribution is 2.29. The van der Waals surface area contributed by atoms with E-state index in [4.69, 9.17) is 5.10 Å². The van der Waals surface area contributed by atoms with Crippen molar-refractivity contribution in [2.45, 2.75) is 45.6 Å². The van der Waals surface area contributed by atoms with Gasteiger partial charge in [0.25, 0.3) is 5.56 Å². The summed E-state index contributed by atoms with van der Waals surface area (Å²) in [5.74, 6) is 0.640. The number of aromatic nitrogens is 4. The molecule has 0 spiro atoms. The lowest BCUT2D eigenvalue weighted by atomic mass is 10.2. The lowest BCUT2D eigenvalue weighted by Gasteiger charge is -2.30. The van der Waals surface area contributed by atoms with Crippen molar-refractivity contribution in [3.63, 3.8) is 0 Å². The molecule has 152 valence electrons. The van der Waals surface area contributed by atoms with Crippen LogP contribution in [0, 0.1) is 0 Å². The number of hydrazone groups is 1. The van der Waals surface area contributed by atoms with E-state index >= 15 is 0 Å². The zero-order valence-electron chi connectivity index (χ0n) is 17.2. The van der Waals surface area contributed by atoms with Crippen molar-refractivity contribution in [1.82, 2.24) is 23.6 Å². The predicted molar refractivity (Wildman–Crippen MR) is 110 cm³/mol. The van der Waals surface area contributed by atoms with Crippen molar-refractivity contribution in [2.75, 3.05) is 31.2 Å². The van der Waals surface area contributed by atoms with Gasteiger partial charge in [0.05, 0.1) is 18.3 Å². The Balaban J connectivity index is 1.75. The molecule has 1 atom stereocenters. The summed E-state index contributed by atoms with van der Waals surface area (Å²) in [6.45, 7) is 7.86. The van der Waals surface area contributed by atoms with E-state index in [0.29, 0.717) is 23.7 Å². The molecule has 0 aromatic carbocycles. The van der Waals surface area contributed by atoms with Crippen LogP contribution in [0.2, 0.25) is 0 Å². The van der Waals surface area contributed by atoms with E-state index in [9.17, 15) is 9.59 Å². The third-order valence-corrected chi connectivity index (χ3v) is 6.10. The number of fused-ring (bicyclic) bond motifs is 3. The number of aryl methyl sites for hydroxylation is 1. The quantitative estimate of drug-likeness (QED) is 0.787. The molecular weight excluding hydrogens is 358 g/mol. The summed E-state index contributed by atoms with van der Waals surface area (Å²) in [6.07, 6.45) is 5.11. The molecule has 2 aliphatic rings. The minimum atomic E-state index is -0.366. The molecule has 2 aromatic heterocycles. The fraction of sp³-hybridized carbons (Fsp3) is 0.684. The summed E-state index contributed by atoms with van der Waals surface area (Å²) in [5.41, 5.74) is 1.12. The predicted octanol–water partition coefficient (Wildman–Crippen LogP) is 1.07. The number of likely N-dealkylation sites (tertiary alicyclic amines) is 1. The van der Waals surface area contributed by atoms with Crippen molar-refractivity contribution >= 4 is 22.8 Å². The van der Waals surface area contributed by atoms with Crippen molar-refractivity contribution in [2.24, 2.45) is 19.2 Å². The lowest BCUT2D eigenvalue weighted by molar-refractivity contribution is 0.289. The van der Waals surface area contributed by atoms with Crippen LogP contribution in [0.15, 0.2) is 14.7 Å². The van der Waals surface area contributed by atoms with E-state index in [2.05, 4.69) is 9.88 Å². The highest BCUT2D eigenvalue weighted by Gasteiger charge is 2.30. The number of hydrogen-bond donors (Lipinski definition) is 0. The molecule has 2 aromatic rings. The minimum Gasteiger partial charge on any atom is -0.301 e. The lowest BCUT2D eigenvalue weighted by Crippen LogP contribution is -2.39. The van der Waals surface area contributed by atoms with Crippen LogP contribution < -0.4 is 16.3 Å². The van der Waals surface area contributed by atoms with Gasteiger partial charge in [-0.2, -0.15) is 10.1 Å². The monoisotopic (exact) mass is 387 g/mol. The molecule has 0 unspecified atom stereocenters. The molecule has 0 N–H and O–H groups in total. The highest BCUT2D eigenvalue weighted by molar-refractivity contribution is 5.91. The zero-order chi connectivity index (χ0) is 20.0. The summed E-state index contributed by atoms with van der Waals surface area (Å²) in [5, 5.41) is 6.65. The molecule has 4 rings (SSSR count). The third kappa shape index (κ3) is 2.97. The van der Waals surface area contributed by atoms with Crippen LogP contribution in [0.1, 0.15) is 45.6 Å². The van der Waals surface area contributed by atoms with E-state index in [1.165, 1.54) is 37.3 Å². The first kappa shape index (κ1) is 18.9. The molecule has 9 heteroatoms. The van der Waals surface area contributed by atoms with E-state index in [0.717, 1.165) is 29.9 Å². The topological polar surface area (TPSA) is 80.7 Å². The van der Waals surface area contributed by atoms with Gasteiger partial charge in [-0.05, 0) is 39.8 Å². The first-order valence-electron chi connectivity index (χ1n) is 10.1. The largest absolute Gasteiger partial charge is 0.332 e. The van der Waals surface area contributed by atoms with Crippen LogP contribution >= 0.6 is 0 Å². The highest BCUT2D eigenvalue weighted by atomic mass is 16.2. The van der Waals surface area contributed by atoms with Gasteiger partial charge in [-0.1, -0.05) is 12.8 Å². The normalized spacial score (nSPS) is 20.9. The second-order valence-electron chi connectivity index (χ2n) is 7.96. The number of nitrogens with zero attached hydrogens (tertiary/aromatic N) is 7. The number of rotatable bonds is 3. The molecule has 1 fully saturated rings. The van der Waals surface area contributed by atoms with Gasteiger partial charge in [0.15, 0.2) is 11.2 Å². The average Bonchev–Trinajstić information content (AvgIpc) is 2.90. The van der Waals surface area contributed by atoms with Crippen LogP contribution in [-0.2, 0) is 14.1 Å². The maximum absolute atomic E-state index is 12.9. The van der Waals surface area contributed by atoms with Crippen molar-refractivity contribution < 1.29 is 0 Å². The molecule has 0 saturated carbocycles. The fourth-order valence-corrected chi connectivity index (χ4v) is 4.20. The van der Waals surface area contributed by atoms with Gasteiger partial charge in [0.2, 0.25) is 5.95 Å². The summed E-state index contributed by atoms with van der Waals surface area (Å²) in [4.78, 5) is 32.4. The van der Waals surface area contributed by atoms with E-state index < -0.39 is 0 Å². The van der Waals surface area contributed by atoms with Crippen molar-refractivity contribution in [3.8, 4) is 0 Å². The van der Waals surface area contributed by atoms with Gasteiger partial charge in [-0.15, -0.1) is 0 Å². The molecule has 28 heavy (non-hydrogen) atoms. The minimum absolute atomic E-state index is 0.0837. The van der Waals surface area contributed by atoms with Gasteiger partial charge in [0, 0.05) is 20.6 Å². The Morgan fingerprint density at radius 1 is 1.00 bits per heavy atom. The summed E-state index contributed by atoms with van der Waals surface area (Å²) < 4.78 is 4.52. The second-order valence-corrected chi connectivity index (χ2v) is 7.96.